The van der Waals surface area contributed by atoms with Crippen LogP contribution in [-0.4, -0.2) is 45.3 Å². The molecule has 1 N–H and O–H groups in total. The van der Waals surface area contributed by atoms with Crippen molar-refractivity contribution in [3.8, 4) is 6.07 Å². The minimum atomic E-state index is -1.09. The van der Waals surface area contributed by atoms with Crippen molar-refractivity contribution in [3.05, 3.63) is 47.5 Å². The lowest BCUT2D eigenvalue weighted by Gasteiger charge is -2.25. The Balaban J connectivity index is 1.44. The molecule has 1 spiro atoms. The minimum Gasteiger partial charge on any atom is -0.442 e. The van der Waals surface area contributed by atoms with E-state index in [9.17, 15) is 14.9 Å². The lowest BCUT2D eigenvalue weighted by Crippen LogP contribution is -2.42. The van der Waals surface area contributed by atoms with Crippen LogP contribution >= 0.6 is 22.9 Å². The van der Waals surface area contributed by atoms with Gasteiger partial charge in [0.05, 0.1) is 45.8 Å². The molecule has 10 heteroatoms. The fourth-order valence-electron chi connectivity index (χ4n) is 5.22. The Kier molecular flexibility index (Phi) is 4.49. The maximum absolute atomic E-state index is 14.0. The van der Waals surface area contributed by atoms with Gasteiger partial charge in [-0.15, -0.1) is 0 Å². The van der Waals surface area contributed by atoms with Crippen molar-refractivity contribution in [1.82, 2.24) is 14.9 Å². The number of aromatic nitrogens is 2. The van der Waals surface area contributed by atoms with Crippen molar-refractivity contribution in [2.24, 2.45) is 5.92 Å². The van der Waals surface area contributed by atoms with Crippen LogP contribution in [0.1, 0.15) is 41.4 Å². The second kappa shape index (κ2) is 7.15. The standard InChI is InChI=1S/C24H21IN6O3/c1-13-17(18-19(27-12-28-20(18)34-13)31(25)23(2)7-8-23)21(32)30-10-14(9-26)24(11-30)15-5-3-4-6-16(15)29-22(24)33/h3-6,12,14H,7-8,10-11H2,1-2H3,(H,29,33). The molecule has 1 saturated heterocycles. The number of carbonyl (C=O) groups excluding carboxylic acids is 2. The molecule has 1 aromatic carbocycles. The minimum absolute atomic E-state index is 0.0252. The number of nitrogens with one attached hydrogen (secondary N) is 1. The van der Waals surface area contributed by atoms with Gasteiger partial charge in [0, 0.05) is 24.3 Å². The largest absolute Gasteiger partial charge is 0.442 e. The lowest BCUT2D eigenvalue weighted by atomic mass is 9.74. The summed E-state index contributed by atoms with van der Waals surface area (Å²) >= 11 is 2.24. The Hall–Kier alpha value is -3.20. The molecular formula is C24H21IN6O3. The molecule has 0 radical (unpaired) electrons. The molecule has 2 atom stereocenters. The first-order chi connectivity index (χ1) is 16.3. The average molecular weight is 568 g/mol. The Bertz CT molecular complexity index is 1420. The summed E-state index contributed by atoms with van der Waals surface area (Å²) in [6.07, 6.45) is 3.52. The average Bonchev–Trinajstić information content (AvgIpc) is 3.21. The van der Waals surface area contributed by atoms with Gasteiger partial charge in [-0.1, -0.05) is 18.2 Å². The molecule has 1 aliphatic carbocycles. The molecule has 34 heavy (non-hydrogen) atoms. The van der Waals surface area contributed by atoms with Gasteiger partial charge in [0.1, 0.15) is 17.5 Å². The first-order valence-electron chi connectivity index (χ1n) is 11.1. The maximum Gasteiger partial charge on any atom is 0.258 e. The van der Waals surface area contributed by atoms with E-state index >= 15 is 0 Å². The topological polar surface area (TPSA) is 115 Å². The van der Waals surface area contributed by atoms with Crippen LogP contribution in [0.2, 0.25) is 0 Å². The number of carbonyl (C=O) groups is 2. The first-order valence-corrected chi connectivity index (χ1v) is 12.1. The van der Waals surface area contributed by atoms with E-state index in [1.807, 2.05) is 24.3 Å². The molecule has 6 rings (SSSR count). The van der Waals surface area contributed by atoms with Gasteiger partial charge < -0.3 is 14.6 Å². The summed E-state index contributed by atoms with van der Waals surface area (Å²) < 4.78 is 7.94. The number of nitriles is 1. The lowest BCUT2D eigenvalue weighted by molar-refractivity contribution is -0.121. The number of fused-ring (bicyclic) bond motifs is 3. The summed E-state index contributed by atoms with van der Waals surface area (Å²) in [6, 6.07) is 9.68. The van der Waals surface area contributed by atoms with Gasteiger partial charge in [0.2, 0.25) is 11.6 Å². The number of hydrogen-bond acceptors (Lipinski definition) is 7. The van der Waals surface area contributed by atoms with E-state index in [0.29, 0.717) is 33.9 Å². The number of para-hydroxylation sites is 1. The van der Waals surface area contributed by atoms with Crippen LogP contribution in [0.25, 0.3) is 11.1 Å². The van der Waals surface area contributed by atoms with Gasteiger partial charge in [-0.05, 0) is 38.3 Å². The summed E-state index contributed by atoms with van der Waals surface area (Å²) in [7, 11) is 0. The normalized spacial score (nSPS) is 24.2. The SMILES string of the molecule is Cc1oc2ncnc(N(I)C3(C)CC3)c2c1C(=O)N1CC(C#N)C2(C1)C(=O)Nc1ccccc12. The van der Waals surface area contributed by atoms with E-state index in [0.717, 1.165) is 18.4 Å². The molecule has 3 aromatic rings. The molecule has 2 amide bonds. The maximum atomic E-state index is 14.0. The van der Waals surface area contributed by atoms with E-state index in [1.165, 1.54) is 6.33 Å². The summed E-state index contributed by atoms with van der Waals surface area (Å²) in [6.45, 7) is 4.16. The van der Waals surface area contributed by atoms with E-state index in [-0.39, 0.29) is 30.4 Å². The van der Waals surface area contributed by atoms with Crippen LogP contribution < -0.4 is 8.43 Å². The molecule has 1 saturated carbocycles. The number of aryl methyl sites for hydroxylation is 1. The fourth-order valence-corrected chi connectivity index (χ4v) is 6.07. The van der Waals surface area contributed by atoms with Gasteiger partial charge in [-0.3, -0.25) is 12.7 Å². The Morgan fingerprint density at radius 2 is 2.12 bits per heavy atom. The van der Waals surface area contributed by atoms with Crippen molar-refractivity contribution < 1.29 is 14.0 Å². The van der Waals surface area contributed by atoms with Gasteiger partial charge in [-0.25, -0.2) is 9.97 Å². The highest BCUT2D eigenvalue weighted by molar-refractivity contribution is 14.1. The predicted molar refractivity (Wildman–Crippen MR) is 132 cm³/mol. The van der Waals surface area contributed by atoms with Crippen LogP contribution in [0.4, 0.5) is 11.5 Å². The zero-order chi connectivity index (χ0) is 23.8. The van der Waals surface area contributed by atoms with E-state index < -0.39 is 11.3 Å². The third-order valence-electron chi connectivity index (χ3n) is 7.43. The molecule has 3 aliphatic rings. The molecule has 172 valence electrons. The highest BCUT2D eigenvalue weighted by Crippen LogP contribution is 2.49. The van der Waals surface area contributed by atoms with Crippen LogP contribution in [0, 0.1) is 24.2 Å². The summed E-state index contributed by atoms with van der Waals surface area (Å²) in [5.74, 6) is -0.111. The van der Waals surface area contributed by atoms with Crippen LogP contribution in [0.15, 0.2) is 35.0 Å². The second-order valence-corrected chi connectivity index (χ2v) is 10.5. The summed E-state index contributed by atoms with van der Waals surface area (Å²) in [5.41, 5.74) is 1.08. The van der Waals surface area contributed by atoms with Crippen LogP contribution in [0.3, 0.4) is 0 Å². The smallest absolute Gasteiger partial charge is 0.258 e. The Morgan fingerprint density at radius 1 is 1.35 bits per heavy atom. The third kappa shape index (κ3) is 2.76. The molecule has 9 nitrogen and oxygen atoms in total. The first kappa shape index (κ1) is 21.3. The zero-order valence-corrected chi connectivity index (χ0v) is 20.8. The van der Waals surface area contributed by atoms with E-state index in [4.69, 9.17) is 4.42 Å². The monoisotopic (exact) mass is 568 g/mol. The Labute approximate surface area is 209 Å². The number of rotatable bonds is 3. The van der Waals surface area contributed by atoms with Crippen molar-refractivity contribution >= 4 is 57.3 Å². The summed E-state index contributed by atoms with van der Waals surface area (Å²) in [5, 5.41) is 13.5. The summed E-state index contributed by atoms with van der Waals surface area (Å²) in [4.78, 5) is 37.5. The Morgan fingerprint density at radius 3 is 2.85 bits per heavy atom. The van der Waals surface area contributed by atoms with Gasteiger partial charge in [-0.2, -0.15) is 5.26 Å². The van der Waals surface area contributed by atoms with Crippen LogP contribution in [0.5, 0.6) is 0 Å². The number of halogens is 1. The molecule has 2 aromatic heterocycles. The number of likely N-dealkylation sites (tertiary alicyclic amines) is 1. The number of hydrogen-bond donors (Lipinski definition) is 1. The molecule has 4 heterocycles. The van der Waals surface area contributed by atoms with Crippen LogP contribution in [-0.2, 0) is 10.2 Å². The number of anilines is 2. The fraction of sp³-hybridized carbons (Fsp3) is 0.375. The van der Waals surface area contributed by atoms with Crippen molar-refractivity contribution in [3.63, 3.8) is 0 Å². The van der Waals surface area contributed by atoms with Crippen molar-refractivity contribution in [1.29, 1.82) is 5.26 Å². The van der Waals surface area contributed by atoms with E-state index in [1.54, 1.807) is 11.8 Å². The van der Waals surface area contributed by atoms with Crippen molar-refractivity contribution in [2.45, 2.75) is 37.6 Å². The van der Waals surface area contributed by atoms with Gasteiger partial charge in [0.15, 0.2) is 5.82 Å². The van der Waals surface area contributed by atoms with Gasteiger partial charge in [0.25, 0.3) is 5.91 Å². The third-order valence-corrected chi connectivity index (χ3v) is 9.06. The molecule has 2 fully saturated rings. The number of amides is 2. The number of furan rings is 1. The molecule has 0 bridgehead atoms. The highest BCUT2D eigenvalue weighted by atomic mass is 127. The number of benzene rings is 1. The number of nitrogens with zero attached hydrogens (tertiary/aromatic N) is 5. The zero-order valence-electron chi connectivity index (χ0n) is 18.6. The predicted octanol–water partition coefficient (Wildman–Crippen LogP) is 3.73. The quantitative estimate of drug-likeness (QED) is 0.378. The highest BCUT2D eigenvalue weighted by Gasteiger charge is 2.59. The molecule has 2 unspecified atom stereocenters. The molecular weight excluding hydrogens is 547 g/mol. The van der Waals surface area contributed by atoms with E-state index in [2.05, 4.69) is 54.3 Å². The van der Waals surface area contributed by atoms with Gasteiger partial charge >= 0.3 is 0 Å². The molecule has 2 aliphatic heterocycles. The second-order valence-electron chi connectivity index (χ2n) is 9.53. The van der Waals surface area contributed by atoms with Crippen molar-refractivity contribution in [2.75, 3.05) is 21.5 Å².